The summed E-state index contributed by atoms with van der Waals surface area (Å²) in [6, 6.07) is 14.0. The first kappa shape index (κ1) is 14.0. The van der Waals surface area contributed by atoms with Crippen molar-refractivity contribution in [2.45, 2.75) is 6.10 Å². The molecule has 1 fully saturated rings. The van der Waals surface area contributed by atoms with Gasteiger partial charge in [-0.05, 0) is 23.1 Å². The number of morpholine rings is 1. The van der Waals surface area contributed by atoms with Crippen LogP contribution in [-0.4, -0.2) is 30.5 Å². The van der Waals surface area contributed by atoms with Crippen LogP contribution in [0.4, 0.5) is 0 Å². The zero-order chi connectivity index (χ0) is 14.5. The van der Waals surface area contributed by atoms with E-state index in [2.05, 4.69) is 0 Å². The van der Waals surface area contributed by atoms with Crippen molar-refractivity contribution in [1.82, 2.24) is 4.90 Å². The molecule has 1 aromatic carbocycles. The van der Waals surface area contributed by atoms with Crippen molar-refractivity contribution < 1.29 is 9.53 Å². The Morgan fingerprint density at radius 3 is 2.86 bits per heavy atom. The van der Waals surface area contributed by atoms with Gasteiger partial charge in [-0.1, -0.05) is 36.4 Å². The van der Waals surface area contributed by atoms with E-state index in [1.54, 1.807) is 17.4 Å². The number of ether oxygens (including phenoxy) is 1. The Hall–Kier alpha value is -1.91. The molecule has 3 nitrogen and oxygen atoms in total. The van der Waals surface area contributed by atoms with Gasteiger partial charge in [0.1, 0.15) is 6.10 Å². The van der Waals surface area contributed by atoms with Crippen molar-refractivity contribution in [3.8, 4) is 0 Å². The third-order valence-corrected chi connectivity index (χ3v) is 4.32. The average Bonchev–Trinajstić information content (AvgIpc) is 3.07. The molecule has 108 valence electrons. The van der Waals surface area contributed by atoms with Crippen molar-refractivity contribution in [3.63, 3.8) is 0 Å². The maximum atomic E-state index is 12.3. The summed E-state index contributed by atoms with van der Waals surface area (Å²) < 4.78 is 5.78. The molecule has 2 heterocycles. The van der Waals surface area contributed by atoms with Crippen molar-refractivity contribution in [3.05, 3.63) is 64.4 Å². The fourth-order valence-electron chi connectivity index (χ4n) is 2.36. The van der Waals surface area contributed by atoms with Crippen LogP contribution in [0.2, 0.25) is 0 Å². The smallest absolute Gasteiger partial charge is 0.246 e. The van der Waals surface area contributed by atoms with Gasteiger partial charge in [0.25, 0.3) is 0 Å². The molecule has 1 atom stereocenters. The van der Waals surface area contributed by atoms with Crippen LogP contribution in [0.25, 0.3) is 6.08 Å². The highest BCUT2D eigenvalue weighted by molar-refractivity contribution is 7.10. The van der Waals surface area contributed by atoms with E-state index >= 15 is 0 Å². The van der Waals surface area contributed by atoms with Crippen molar-refractivity contribution in [2.75, 3.05) is 19.7 Å². The van der Waals surface area contributed by atoms with Crippen LogP contribution in [-0.2, 0) is 9.53 Å². The first-order chi connectivity index (χ1) is 10.3. The van der Waals surface area contributed by atoms with E-state index in [0.29, 0.717) is 19.7 Å². The monoisotopic (exact) mass is 299 g/mol. The number of rotatable bonds is 3. The SMILES string of the molecule is O=C(/C=C/c1cccs1)N1CCOC(c2ccccc2)C1. The second-order valence-corrected chi connectivity index (χ2v) is 5.88. The predicted molar refractivity (Wildman–Crippen MR) is 85.1 cm³/mol. The molecule has 0 saturated carbocycles. The van der Waals surface area contributed by atoms with Gasteiger partial charge in [-0.15, -0.1) is 11.3 Å². The van der Waals surface area contributed by atoms with Crippen LogP contribution in [0.15, 0.2) is 53.9 Å². The second-order valence-electron chi connectivity index (χ2n) is 4.90. The van der Waals surface area contributed by atoms with E-state index in [0.717, 1.165) is 10.4 Å². The largest absolute Gasteiger partial charge is 0.370 e. The van der Waals surface area contributed by atoms with Crippen LogP contribution in [0, 0.1) is 0 Å². The lowest BCUT2D eigenvalue weighted by molar-refractivity contribution is -0.133. The van der Waals surface area contributed by atoms with Crippen molar-refractivity contribution in [1.29, 1.82) is 0 Å². The summed E-state index contributed by atoms with van der Waals surface area (Å²) in [5.74, 6) is 0.0487. The van der Waals surface area contributed by atoms with Gasteiger partial charge in [0.05, 0.1) is 13.2 Å². The van der Waals surface area contributed by atoms with Crippen LogP contribution < -0.4 is 0 Å². The summed E-state index contributed by atoms with van der Waals surface area (Å²) in [6.07, 6.45) is 3.50. The van der Waals surface area contributed by atoms with Gasteiger partial charge in [0.2, 0.25) is 5.91 Å². The van der Waals surface area contributed by atoms with Crippen LogP contribution in [0.3, 0.4) is 0 Å². The lowest BCUT2D eigenvalue weighted by Crippen LogP contribution is -2.41. The average molecular weight is 299 g/mol. The number of benzene rings is 1. The Morgan fingerprint density at radius 1 is 1.24 bits per heavy atom. The number of hydrogen-bond donors (Lipinski definition) is 0. The number of carbonyl (C=O) groups excluding carboxylic acids is 1. The third-order valence-electron chi connectivity index (χ3n) is 3.48. The highest BCUT2D eigenvalue weighted by Gasteiger charge is 2.23. The molecule has 2 aromatic rings. The van der Waals surface area contributed by atoms with E-state index < -0.39 is 0 Å². The predicted octanol–water partition coefficient (Wildman–Crippen LogP) is 3.36. The quantitative estimate of drug-likeness (QED) is 0.813. The summed E-state index contributed by atoms with van der Waals surface area (Å²) in [4.78, 5) is 15.2. The van der Waals surface area contributed by atoms with Gasteiger partial charge >= 0.3 is 0 Å². The van der Waals surface area contributed by atoms with Gasteiger partial charge in [-0.2, -0.15) is 0 Å². The Labute approximate surface area is 128 Å². The Balaban J connectivity index is 1.64. The number of hydrogen-bond acceptors (Lipinski definition) is 3. The molecule has 0 aliphatic carbocycles. The first-order valence-electron chi connectivity index (χ1n) is 7.00. The fraction of sp³-hybridized carbons (Fsp3) is 0.235. The summed E-state index contributed by atoms with van der Waals surface area (Å²) in [7, 11) is 0. The maximum absolute atomic E-state index is 12.3. The minimum Gasteiger partial charge on any atom is -0.370 e. The zero-order valence-electron chi connectivity index (χ0n) is 11.6. The van der Waals surface area contributed by atoms with E-state index in [9.17, 15) is 4.79 Å². The molecule has 1 saturated heterocycles. The minimum absolute atomic E-state index is 0.0287. The summed E-state index contributed by atoms with van der Waals surface area (Å²) >= 11 is 1.63. The first-order valence-corrected chi connectivity index (χ1v) is 7.88. The second kappa shape index (κ2) is 6.70. The highest BCUT2D eigenvalue weighted by atomic mass is 32.1. The lowest BCUT2D eigenvalue weighted by atomic mass is 10.1. The van der Waals surface area contributed by atoms with Gasteiger partial charge in [0.15, 0.2) is 0 Å². The van der Waals surface area contributed by atoms with Crippen LogP contribution in [0.5, 0.6) is 0 Å². The molecule has 21 heavy (non-hydrogen) atoms. The maximum Gasteiger partial charge on any atom is 0.246 e. The Kier molecular flexibility index (Phi) is 4.48. The van der Waals surface area contributed by atoms with E-state index in [-0.39, 0.29) is 12.0 Å². The van der Waals surface area contributed by atoms with Crippen LogP contribution >= 0.6 is 11.3 Å². The van der Waals surface area contributed by atoms with Gasteiger partial charge in [-0.3, -0.25) is 4.79 Å². The molecular weight excluding hydrogens is 282 g/mol. The van der Waals surface area contributed by atoms with Gasteiger partial charge in [-0.25, -0.2) is 0 Å². The highest BCUT2D eigenvalue weighted by Crippen LogP contribution is 2.22. The number of thiophene rings is 1. The number of nitrogens with zero attached hydrogens (tertiary/aromatic N) is 1. The molecule has 0 N–H and O–H groups in total. The molecule has 1 aliphatic rings. The molecule has 0 spiro atoms. The standard InChI is InChI=1S/C17H17NO2S/c19-17(9-8-15-7-4-12-21-15)18-10-11-20-16(13-18)14-5-2-1-3-6-14/h1-9,12,16H,10-11,13H2/b9-8+. The normalized spacial score (nSPS) is 19.0. The summed E-state index contributed by atoms with van der Waals surface area (Å²) in [6.45, 7) is 1.84. The molecule has 1 amide bonds. The van der Waals surface area contributed by atoms with Gasteiger partial charge < -0.3 is 9.64 Å². The molecule has 0 bridgehead atoms. The summed E-state index contributed by atoms with van der Waals surface area (Å²) in [5.41, 5.74) is 1.12. The van der Waals surface area contributed by atoms with Crippen molar-refractivity contribution in [2.24, 2.45) is 0 Å². The molecule has 4 heteroatoms. The van der Waals surface area contributed by atoms with E-state index in [4.69, 9.17) is 4.74 Å². The lowest BCUT2D eigenvalue weighted by Gasteiger charge is -2.32. The Morgan fingerprint density at radius 2 is 2.10 bits per heavy atom. The van der Waals surface area contributed by atoms with Crippen molar-refractivity contribution >= 4 is 23.3 Å². The zero-order valence-corrected chi connectivity index (χ0v) is 12.5. The van der Waals surface area contributed by atoms with Gasteiger partial charge in [0, 0.05) is 17.5 Å². The molecule has 1 aromatic heterocycles. The molecule has 3 rings (SSSR count). The van der Waals surface area contributed by atoms with E-state index in [1.807, 2.05) is 58.8 Å². The van der Waals surface area contributed by atoms with Crippen LogP contribution in [0.1, 0.15) is 16.5 Å². The number of carbonyl (C=O) groups is 1. The molecule has 0 radical (unpaired) electrons. The topological polar surface area (TPSA) is 29.5 Å². The number of amides is 1. The molecule has 1 unspecified atom stereocenters. The molecule has 1 aliphatic heterocycles. The minimum atomic E-state index is -0.0287. The Bertz CT molecular complexity index is 607. The third kappa shape index (κ3) is 3.60. The van der Waals surface area contributed by atoms with E-state index in [1.165, 1.54) is 0 Å². The fourth-order valence-corrected chi connectivity index (χ4v) is 2.98. The molecular formula is C17H17NO2S. The summed E-state index contributed by atoms with van der Waals surface area (Å²) in [5, 5.41) is 2.00.